The molecule has 0 amide bonds. The van der Waals surface area contributed by atoms with E-state index in [0.717, 1.165) is 0 Å². The summed E-state index contributed by atoms with van der Waals surface area (Å²) >= 11 is 0. The van der Waals surface area contributed by atoms with Gasteiger partial charge in [-0.1, -0.05) is 0 Å². The van der Waals surface area contributed by atoms with Gasteiger partial charge in [0, 0.05) is 6.04 Å². The molecule has 0 radical (unpaired) electrons. The Hall–Kier alpha value is -0.710. The van der Waals surface area contributed by atoms with Gasteiger partial charge in [-0.2, -0.15) is 0 Å². The molecule has 1 rings (SSSR count). The molecule has 13 heavy (non-hydrogen) atoms. The first-order valence-electron chi connectivity index (χ1n) is 4.26. The monoisotopic (exact) mass is 193 g/mol. The minimum Gasteiger partial charge on any atom is -0.481 e. The van der Waals surface area contributed by atoms with Crippen LogP contribution in [0.4, 0.5) is 8.78 Å². The van der Waals surface area contributed by atoms with Gasteiger partial charge >= 0.3 is 5.97 Å². The van der Waals surface area contributed by atoms with E-state index in [1.165, 1.54) is 0 Å². The molecule has 5 heteroatoms. The highest BCUT2D eigenvalue weighted by molar-refractivity contribution is 5.75. The number of carboxylic acid groups (broad SMARTS) is 1. The Labute approximate surface area is 74.9 Å². The van der Waals surface area contributed by atoms with Crippen molar-refractivity contribution in [1.82, 2.24) is 0 Å². The van der Waals surface area contributed by atoms with Crippen LogP contribution in [0.2, 0.25) is 0 Å². The van der Waals surface area contributed by atoms with Crippen LogP contribution in [0.3, 0.4) is 0 Å². The summed E-state index contributed by atoms with van der Waals surface area (Å²) < 4.78 is 25.1. The molecule has 0 heterocycles. The predicted octanol–water partition coefficient (Wildman–Crippen LogP) is 1.22. The number of rotatable bonds is 2. The number of hydrogen-bond donors (Lipinski definition) is 2. The summed E-state index contributed by atoms with van der Waals surface area (Å²) in [5.41, 5.74) is 3.68. The van der Waals surface area contributed by atoms with Crippen LogP contribution in [0.5, 0.6) is 0 Å². The zero-order chi connectivity index (χ0) is 10.1. The molecule has 0 bridgehead atoms. The van der Waals surface area contributed by atoms with Crippen LogP contribution in [-0.2, 0) is 4.79 Å². The highest BCUT2D eigenvalue weighted by Crippen LogP contribution is 2.41. The van der Waals surface area contributed by atoms with Crippen molar-refractivity contribution in [2.75, 3.05) is 0 Å². The third-order valence-corrected chi connectivity index (χ3v) is 2.77. The number of halogens is 2. The molecule has 0 aromatic rings. The summed E-state index contributed by atoms with van der Waals surface area (Å²) in [6.45, 7) is 0. The molecule has 0 spiro atoms. The molecule has 1 aliphatic carbocycles. The molecule has 0 unspecified atom stereocenters. The van der Waals surface area contributed by atoms with Gasteiger partial charge in [0.1, 0.15) is 5.41 Å². The maximum absolute atomic E-state index is 12.5. The Morgan fingerprint density at radius 2 is 1.92 bits per heavy atom. The van der Waals surface area contributed by atoms with Gasteiger partial charge in [0.2, 0.25) is 0 Å². The van der Waals surface area contributed by atoms with E-state index in [-0.39, 0.29) is 18.9 Å². The predicted molar refractivity (Wildman–Crippen MR) is 42.5 cm³/mol. The molecule has 0 aliphatic heterocycles. The van der Waals surface area contributed by atoms with E-state index in [1.807, 2.05) is 0 Å². The molecule has 76 valence electrons. The molecule has 1 aliphatic rings. The Morgan fingerprint density at radius 1 is 1.46 bits per heavy atom. The summed E-state index contributed by atoms with van der Waals surface area (Å²) in [7, 11) is 0. The summed E-state index contributed by atoms with van der Waals surface area (Å²) in [6.07, 6.45) is -2.08. The van der Waals surface area contributed by atoms with Crippen molar-refractivity contribution in [3.63, 3.8) is 0 Å². The number of nitrogens with two attached hydrogens (primary N) is 1. The third-order valence-electron chi connectivity index (χ3n) is 2.77. The Kier molecular flexibility index (Phi) is 2.85. The van der Waals surface area contributed by atoms with Gasteiger partial charge < -0.3 is 10.8 Å². The molecule has 1 fully saturated rings. The third kappa shape index (κ3) is 1.80. The van der Waals surface area contributed by atoms with Gasteiger partial charge in [-0.15, -0.1) is 0 Å². The molecule has 3 N–H and O–H groups in total. The number of carbonyl (C=O) groups is 1. The van der Waals surface area contributed by atoms with Crippen LogP contribution in [0.1, 0.15) is 25.7 Å². The van der Waals surface area contributed by atoms with E-state index in [1.54, 1.807) is 0 Å². The maximum Gasteiger partial charge on any atom is 0.315 e. The van der Waals surface area contributed by atoms with Crippen LogP contribution < -0.4 is 5.73 Å². The summed E-state index contributed by atoms with van der Waals surface area (Å²) in [5.74, 6) is -1.39. The van der Waals surface area contributed by atoms with Crippen LogP contribution in [0.15, 0.2) is 0 Å². The molecular formula is C8H13F2NO2. The molecular weight excluding hydrogens is 180 g/mol. The van der Waals surface area contributed by atoms with E-state index >= 15 is 0 Å². The van der Waals surface area contributed by atoms with Crippen molar-refractivity contribution >= 4 is 5.97 Å². The lowest BCUT2D eigenvalue weighted by molar-refractivity contribution is -0.163. The second-order valence-corrected chi connectivity index (χ2v) is 3.60. The first-order chi connectivity index (χ1) is 5.99. The Bertz CT molecular complexity index is 200. The average Bonchev–Trinajstić information content (AvgIpc) is 2.04. The van der Waals surface area contributed by atoms with Crippen molar-refractivity contribution in [3.05, 3.63) is 0 Å². The smallest absolute Gasteiger partial charge is 0.315 e. The zero-order valence-corrected chi connectivity index (χ0v) is 7.17. The Morgan fingerprint density at radius 3 is 2.23 bits per heavy atom. The van der Waals surface area contributed by atoms with E-state index < -0.39 is 17.8 Å². The fraction of sp³-hybridized carbons (Fsp3) is 0.875. The number of alkyl halides is 2. The van der Waals surface area contributed by atoms with Gasteiger partial charge in [0.15, 0.2) is 0 Å². The average molecular weight is 193 g/mol. The van der Waals surface area contributed by atoms with Gasteiger partial charge in [-0.25, -0.2) is 8.78 Å². The minimum atomic E-state index is -2.79. The largest absolute Gasteiger partial charge is 0.481 e. The molecule has 0 aromatic heterocycles. The van der Waals surface area contributed by atoms with Gasteiger partial charge in [0.25, 0.3) is 6.43 Å². The second-order valence-electron chi connectivity index (χ2n) is 3.60. The highest BCUT2D eigenvalue weighted by atomic mass is 19.3. The maximum atomic E-state index is 12.5. The first-order valence-corrected chi connectivity index (χ1v) is 4.26. The van der Waals surface area contributed by atoms with Crippen molar-refractivity contribution in [2.45, 2.75) is 38.2 Å². The number of aliphatic carboxylic acids is 1. The minimum absolute atomic E-state index is 0.0127. The van der Waals surface area contributed by atoms with Crippen LogP contribution in [0, 0.1) is 5.41 Å². The van der Waals surface area contributed by atoms with E-state index in [2.05, 4.69) is 0 Å². The first kappa shape index (κ1) is 10.4. The molecule has 3 nitrogen and oxygen atoms in total. The fourth-order valence-electron chi connectivity index (χ4n) is 1.68. The fourth-order valence-corrected chi connectivity index (χ4v) is 1.68. The lowest BCUT2D eigenvalue weighted by Crippen LogP contribution is -2.44. The summed E-state index contributed by atoms with van der Waals surface area (Å²) in [4.78, 5) is 10.7. The summed E-state index contributed by atoms with van der Waals surface area (Å²) in [6, 6.07) is -0.119. The number of carboxylic acids is 1. The van der Waals surface area contributed by atoms with Crippen molar-refractivity contribution in [1.29, 1.82) is 0 Å². The molecule has 0 atom stereocenters. The highest BCUT2D eigenvalue weighted by Gasteiger charge is 2.49. The molecule has 0 aromatic carbocycles. The van der Waals surface area contributed by atoms with Crippen molar-refractivity contribution in [3.8, 4) is 0 Å². The van der Waals surface area contributed by atoms with Crippen LogP contribution >= 0.6 is 0 Å². The van der Waals surface area contributed by atoms with Gasteiger partial charge in [-0.3, -0.25) is 4.79 Å². The zero-order valence-electron chi connectivity index (χ0n) is 7.17. The second kappa shape index (κ2) is 3.57. The van der Waals surface area contributed by atoms with E-state index in [4.69, 9.17) is 10.8 Å². The summed E-state index contributed by atoms with van der Waals surface area (Å²) in [5, 5.41) is 8.72. The lowest BCUT2D eigenvalue weighted by atomic mass is 9.73. The topological polar surface area (TPSA) is 63.3 Å². The molecule has 1 saturated carbocycles. The Balaban J connectivity index is 2.75. The van der Waals surface area contributed by atoms with Crippen LogP contribution in [-0.4, -0.2) is 23.5 Å². The van der Waals surface area contributed by atoms with Gasteiger partial charge in [0.05, 0.1) is 0 Å². The van der Waals surface area contributed by atoms with Crippen molar-refractivity contribution < 1.29 is 18.7 Å². The van der Waals surface area contributed by atoms with E-state index in [0.29, 0.717) is 12.8 Å². The normalized spacial score (nSPS) is 34.9. The molecule has 0 saturated heterocycles. The SMILES string of the molecule is NC1CCC(C(=O)O)(C(F)F)CC1. The standard InChI is InChI=1S/C8H13F2NO2/c9-6(10)8(7(12)13)3-1-5(11)2-4-8/h5-6H,1-4,11H2,(H,12,13). The van der Waals surface area contributed by atoms with Crippen molar-refractivity contribution in [2.24, 2.45) is 11.1 Å². The number of hydrogen-bond acceptors (Lipinski definition) is 2. The van der Waals surface area contributed by atoms with Crippen LogP contribution in [0.25, 0.3) is 0 Å². The van der Waals surface area contributed by atoms with Gasteiger partial charge in [-0.05, 0) is 25.7 Å². The quantitative estimate of drug-likeness (QED) is 0.693. The lowest BCUT2D eigenvalue weighted by Gasteiger charge is -2.34. The van der Waals surface area contributed by atoms with E-state index in [9.17, 15) is 13.6 Å².